The van der Waals surface area contributed by atoms with Crippen LogP contribution in [0.1, 0.15) is 34.6 Å². The number of rotatable bonds is 6. The first-order valence-electron chi connectivity index (χ1n) is 6.59. The third-order valence-electron chi connectivity index (χ3n) is 3.54. The number of methoxy groups -OCH3 is 1. The Bertz CT molecular complexity index is 329. The number of imidazole rings is 1. The maximum Gasteiger partial charge on any atom is 0.0946 e. The molecule has 1 aromatic heterocycles. The predicted octanol–water partition coefficient (Wildman–Crippen LogP) is 2.31. The van der Waals surface area contributed by atoms with E-state index in [9.17, 15) is 0 Å². The van der Waals surface area contributed by atoms with Crippen LogP contribution in [0.3, 0.4) is 0 Å². The van der Waals surface area contributed by atoms with Gasteiger partial charge in [-0.15, -0.1) is 0 Å². The molecule has 3 unspecified atom stereocenters. The van der Waals surface area contributed by atoms with Crippen LogP contribution in [0.2, 0.25) is 0 Å². The van der Waals surface area contributed by atoms with E-state index in [1.807, 2.05) is 18.7 Å². The molecule has 0 fully saturated rings. The lowest BCUT2D eigenvalue weighted by Crippen LogP contribution is -2.50. The number of hydrogen-bond donors (Lipinski definition) is 1. The van der Waals surface area contributed by atoms with Gasteiger partial charge in [0, 0.05) is 38.1 Å². The van der Waals surface area contributed by atoms with Gasteiger partial charge >= 0.3 is 0 Å². The Hall–Kier alpha value is -0.870. The molecule has 4 heteroatoms. The lowest BCUT2D eigenvalue weighted by atomic mass is 9.86. The first-order valence-corrected chi connectivity index (χ1v) is 6.59. The standard InChI is InChI=1S/C14H27N3O/c1-11(12(2)18-6)16-13(14(3,4)5)9-17-8-7-15-10-17/h7-8,10-13,16H,9H2,1-6H3. The van der Waals surface area contributed by atoms with Gasteiger partial charge in [0.25, 0.3) is 0 Å². The summed E-state index contributed by atoms with van der Waals surface area (Å²) in [4.78, 5) is 4.10. The van der Waals surface area contributed by atoms with Gasteiger partial charge in [-0.2, -0.15) is 0 Å². The van der Waals surface area contributed by atoms with E-state index in [-0.39, 0.29) is 11.5 Å². The molecule has 0 radical (unpaired) electrons. The fourth-order valence-corrected chi connectivity index (χ4v) is 1.84. The quantitative estimate of drug-likeness (QED) is 0.845. The molecule has 0 aromatic carbocycles. The molecule has 3 atom stereocenters. The Morgan fingerprint density at radius 1 is 1.33 bits per heavy atom. The van der Waals surface area contributed by atoms with E-state index in [1.54, 1.807) is 7.11 Å². The first-order chi connectivity index (χ1) is 8.34. The van der Waals surface area contributed by atoms with Gasteiger partial charge in [-0.3, -0.25) is 0 Å². The van der Waals surface area contributed by atoms with Gasteiger partial charge in [0.1, 0.15) is 0 Å². The Labute approximate surface area is 111 Å². The van der Waals surface area contributed by atoms with Crippen molar-refractivity contribution in [1.29, 1.82) is 0 Å². The Morgan fingerprint density at radius 2 is 2.00 bits per heavy atom. The minimum Gasteiger partial charge on any atom is -0.380 e. The van der Waals surface area contributed by atoms with E-state index in [1.165, 1.54) is 0 Å². The largest absolute Gasteiger partial charge is 0.380 e. The molecule has 1 aromatic rings. The van der Waals surface area contributed by atoms with Crippen molar-refractivity contribution in [1.82, 2.24) is 14.9 Å². The summed E-state index contributed by atoms with van der Waals surface area (Å²) in [6.45, 7) is 11.9. The van der Waals surface area contributed by atoms with E-state index in [0.717, 1.165) is 6.54 Å². The minimum atomic E-state index is 0.186. The molecule has 18 heavy (non-hydrogen) atoms. The highest BCUT2D eigenvalue weighted by atomic mass is 16.5. The second-order valence-electron chi connectivity index (χ2n) is 6.07. The van der Waals surface area contributed by atoms with Crippen molar-refractivity contribution in [2.75, 3.05) is 7.11 Å². The van der Waals surface area contributed by atoms with Gasteiger partial charge in [-0.1, -0.05) is 20.8 Å². The van der Waals surface area contributed by atoms with Crippen LogP contribution < -0.4 is 5.32 Å². The van der Waals surface area contributed by atoms with Crippen molar-refractivity contribution in [2.24, 2.45) is 5.41 Å². The van der Waals surface area contributed by atoms with Crippen molar-refractivity contribution in [3.05, 3.63) is 18.7 Å². The summed E-state index contributed by atoms with van der Waals surface area (Å²) >= 11 is 0. The Morgan fingerprint density at radius 3 is 2.44 bits per heavy atom. The average molecular weight is 253 g/mol. The maximum atomic E-state index is 5.38. The van der Waals surface area contributed by atoms with Crippen LogP contribution in [-0.4, -0.2) is 34.8 Å². The number of aromatic nitrogens is 2. The summed E-state index contributed by atoms with van der Waals surface area (Å²) in [5.41, 5.74) is 0.186. The van der Waals surface area contributed by atoms with Gasteiger partial charge in [0.05, 0.1) is 12.4 Å². The lowest BCUT2D eigenvalue weighted by Gasteiger charge is -2.35. The van der Waals surface area contributed by atoms with Crippen LogP contribution in [0.5, 0.6) is 0 Å². The molecule has 0 amide bonds. The normalized spacial score (nSPS) is 17.4. The zero-order valence-electron chi connectivity index (χ0n) is 12.5. The van der Waals surface area contributed by atoms with E-state index in [0.29, 0.717) is 12.1 Å². The average Bonchev–Trinajstić information content (AvgIpc) is 2.78. The SMILES string of the molecule is COC(C)C(C)NC(Cn1ccnc1)C(C)(C)C. The third-order valence-corrected chi connectivity index (χ3v) is 3.54. The smallest absolute Gasteiger partial charge is 0.0946 e. The van der Waals surface area contributed by atoms with E-state index < -0.39 is 0 Å². The second kappa shape index (κ2) is 6.34. The molecule has 0 saturated heterocycles. The van der Waals surface area contributed by atoms with Gasteiger partial charge in [-0.05, 0) is 19.3 Å². The fourth-order valence-electron chi connectivity index (χ4n) is 1.84. The number of ether oxygens (including phenoxy) is 1. The van der Waals surface area contributed by atoms with Gasteiger partial charge in [0.2, 0.25) is 0 Å². The number of hydrogen-bond acceptors (Lipinski definition) is 3. The van der Waals surface area contributed by atoms with Gasteiger partial charge in [-0.25, -0.2) is 4.98 Å². The maximum absolute atomic E-state index is 5.38. The zero-order chi connectivity index (χ0) is 13.8. The van der Waals surface area contributed by atoms with Crippen LogP contribution in [-0.2, 0) is 11.3 Å². The summed E-state index contributed by atoms with van der Waals surface area (Å²) in [7, 11) is 1.75. The molecule has 0 aliphatic rings. The van der Waals surface area contributed by atoms with Crippen LogP contribution in [0.25, 0.3) is 0 Å². The first kappa shape index (κ1) is 15.2. The van der Waals surface area contributed by atoms with E-state index in [4.69, 9.17) is 4.74 Å². The molecule has 1 rings (SSSR count). The van der Waals surface area contributed by atoms with Crippen molar-refractivity contribution < 1.29 is 4.74 Å². The highest BCUT2D eigenvalue weighted by molar-refractivity contribution is 4.87. The fraction of sp³-hybridized carbons (Fsp3) is 0.786. The summed E-state index contributed by atoms with van der Waals surface area (Å²) < 4.78 is 7.50. The van der Waals surface area contributed by atoms with E-state index in [2.05, 4.69) is 49.5 Å². The van der Waals surface area contributed by atoms with Crippen LogP contribution in [0.4, 0.5) is 0 Å². The molecule has 0 saturated carbocycles. The summed E-state index contributed by atoms with van der Waals surface area (Å²) in [5.74, 6) is 0. The molecule has 0 aliphatic carbocycles. The topological polar surface area (TPSA) is 39.1 Å². The second-order valence-corrected chi connectivity index (χ2v) is 6.07. The molecule has 4 nitrogen and oxygen atoms in total. The molecule has 1 heterocycles. The van der Waals surface area contributed by atoms with Crippen molar-refractivity contribution in [2.45, 2.75) is 59.4 Å². The monoisotopic (exact) mass is 253 g/mol. The minimum absolute atomic E-state index is 0.186. The van der Waals surface area contributed by atoms with E-state index >= 15 is 0 Å². The summed E-state index contributed by atoms with van der Waals surface area (Å²) in [5, 5.41) is 3.67. The molecule has 1 N–H and O–H groups in total. The van der Waals surface area contributed by atoms with Crippen molar-refractivity contribution in [3.63, 3.8) is 0 Å². The highest BCUT2D eigenvalue weighted by Gasteiger charge is 2.27. The molecule has 104 valence electrons. The Balaban J connectivity index is 2.68. The summed E-state index contributed by atoms with van der Waals surface area (Å²) in [6, 6.07) is 0.696. The molecule has 0 bridgehead atoms. The van der Waals surface area contributed by atoms with Crippen LogP contribution in [0.15, 0.2) is 18.7 Å². The van der Waals surface area contributed by atoms with Gasteiger partial charge in [0.15, 0.2) is 0 Å². The zero-order valence-corrected chi connectivity index (χ0v) is 12.5. The van der Waals surface area contributed by atoms with Gasteiger partial charge < -0.3 is 14.6 Å². The lowest BCUT2D eigenvalue weighted by molar-refractivity contribution is 0.0737. The molecule has 0 aliphatic heterocycles. The molecular weight excluding hydrogens is 226 g/mol. The third kappa shape index (κ3) is 4.42. The molecular formula is C14H27N3O. The number of nitrogens with zero attached hydrogens (tertiary/aromatic N) is 2. The van der Waals surface area contributed by atoms with Crippen molar-refractivity contribution in [3.8, 4) is 0 Å². The van der Waals surface area contributed by atoms with Crippen LogP contribution >= 0.6 is 0 Å². The molecule has 0 spiro atoms. The van der Waals surface area contributed by atoms with Crippen molar-refractivity contribution >= 4 is 0 Å². The highest BCUT2D eigenvalue weighted by Crippen LogP contribution is 2.21. The Kier molecular flexibility index (Phi) is 5.35. The summed E-state index contributed by atoms with van der Waals surface area (Å²) in [6.07, 6.45) is 5.90. The van der Waals surface area contributed by atoms with Crippen LogP contribution in [0, 0.1) is 5.41 Å². The predicted molar refractivity (Wildman–Crippen MR) is 74.5 cm³/mol. The number of nitrogens with one attached hydrogen (secondary N) is 1.